The largest absolute Gasteiger partial charge is 0.365 e. The van der Waals surface area contributed by atoms with E-state index in [4.69, 9.17) is 9.47 Å². The third-order valence-corrected chi connectivity index (χ3v) is 8.27. The van der Waals surface area contributed by atoms with E-state index in [1.54, 1.807) is 0 Å². The molecule has 4 aliphatic heterocycles. The van der Waals surface area contributed by atoms with Gasteiger partial charge in [-0.25, -0.2) is 28.0 Å². The monoisotopic (exact) mass is 478 g/mol. The average molecular weight is 479 g/mol. The number of ether oxygens (including phenoxy) is 2. The van der Waals surface area contributed by atoms with E-state index >= 15 is 0 Å². The summed E-state index contributed by atoms with van der Waals surface area (Å²) in [6, 6.07) is -0.348. The Balaban J connectivity index is 1.14. The molecule has 4 atom stereocenters. The number of aromatic nitrogens is 2. The molecule has 11 heteroatoms. The van der Waals surface area contributed by atoms with Gasteiger partial charge in [-0.15, -0.1) is 0 Å². The summed E-state index contributed by atoms with van der Waals surface area (Å²) in [7, 11) is 0. The van der Waals surface area contributed by atoms with Gasteiger partial charge in [-0.05, 0) is 25.7 Å². The van der Waals surface area contributed by atoms with E-state index in [-0.39, 0.29) is 53.2 Å². The normalized spacial score (nSPS) is 37.9. The molecule has 3 unspecified atom stereocenters. The van der Waals surface area contributed by atoms with Crippen molar-refractivity contribution in [3.8, 4) is 0 Å². The molecular weight excluding hydrogens is 448 g/mol. The second-order valence-corrected chi connectivity index (χ2v) is 10.2. The third-order valence-electron chi connectivity index (χ3n) is 8.27. The molecule has 5 fully saturated rings. The van der Waals surface area contributed by atoms with E-state index in [0.29, 0.717) is 51.6 Å². The summed E-state index contributed by atoms with van der Waals surface area (Å²) in [5.41, 5.74) is 0. The van der Waals surface area contributed by atoms with Crippen LogP contribution in [0.4, 0.5) is 14.7 Å². The lowest BCUT2D eigenvalue weighted by molar-refractivity contribution is -0.763. The first-order valence-corrected chi connectivity index (χ1v) is 12.3. The number of amides is 2. The predicted molar refractivity (Wildman–Crippen MR) is 115 cm³/mol. The Labute approximate surface area is 196 Å². The maximum Gasteiger partial charge on any atom is 0.342 e. The van der Waals surface area contributed by atoms with E-state index < -0.39 is 12.0 Å². The van der Waals surface area contributed by atoms with Gasteiger partial charge in [0.05, 0.1) is 31.6 Å². The summed E-state index contributed by atoms with van der Waals surface area (Å²) in [6.45, 7) is 2.93. The van der Waals surface area contributed by atoms with Crippen LogP contribution in [-0.4, -0.2) is 101 Å². The highest BCUT2D eigenvalue weighted by Gasteiger charge is 2.77. The zero-order valence-corrected chi connectivity index (χ0v) is 19.0. The molecule has 2 bridgehead atoms. The van der Waals surface area contributed by atoms with Crippen molar-refractivity contribution in [1.29, 1.82) is 0 Å². The Kier molecular flexibility index (Phi) is 5.53. The van der Waals surface area contributed by atoms with Crippen LogP contribution >= 0.6 is 0 Å². The minimum absolute atomic E-state index is 0.00453. The second-order valence-electron chi connectivity index (χ2n) is 10.2. The second kappa shape index (κ2) is 8.46. The maximum absolute atomic E-state index is 13.4. The van der Waals surface area contributed by atoms with Crippen LogP contribution in [0.3, 0.4) is 0 Å². The van der Waals surface area contributed by atoms with Crippen molar-refractivity contribution < 1.29 is 32.3 Å². The number of halogens is 2. The van der Waals surface area contributed by atoms with Gasteiger partial charge >= 0.3 is 5.91 Å². The fourth-order valence-corrected chi connectivity index (χ4v) is 6.32. The van der Waals surface area contributed by atoms with Crippen molar-refractivity contribution in [1.82, 2.24) is 14.9 Å². The van der Waals surface area contributed by atoms with Crippen molar-refractivity contribution in [3.63, 3.8) is 0 Å². The summed E-state index contributed by atoms with van der Waals surface area (Å²) in [5.74, 6) is -0.195. The fraction of sp³-hybridized carbons (Fsp3) is 0.739. The van der Waals surface area contributed by atoms with Crippen LogP contribution in [0.25, 0.3) is 0 Å². The topological polar surface area (TPSA) is 84.9 Å². The Morgan fingerprint density at radius 2 is 1.91 bits per heavy atom. The molecule has 0 spiro atoms. The van der Waals surface area contributed by atoms with Crippen LogP contribution in [0.5, 0.6) is 0 Å². The van der Waals surface area contributed by atoms with Gasteiger partial charge in [0.25, 0.3) is 6.23 Å². The fourth-order valence-electron chi connectivity index (χ4n) is 6.32. The van der Waals surface area contributed by atoms with Crippen molar-refractivity contribution >= 4 is 17.8 Å². The lowest BCUT2D eigenvalue weighted by atomic mass is 9.82. The molecule has 5 aliphatic rings. The quantitative estimate of drug-likeness (QED) is 0.472. The molecule has 1 aromatic heterocycles. The zero-order chi connectivity index (χ0) is 23.4. The van der Waals surface area contributed by atoms with Gasteiger partial charge in [0.15, 0.2) is 12.4 Å². The number of hydrogen-bond donors (Lipinski definition) is 0. The van der Waals surface area contributed by atoms with Crippen LogP contribution in [0.15, 0.2) is 12.4 Å². The number of carbonyl (C=O) groups is 2. The lowest BCUT2D eigenvalue weighted by Crippen LogP contribution is -2.51. The molecule has 4 saturated heterocycles. The van der Waals surface area contributed by atoms with E-state index in [1.807, 2.05) is 9.80 Å². The van der Waals surface area contributed by atoms with Crippen molar-refractivity contribution in [2.45, 2.75) is 62.7 Å². The minimum atomic E-state index is -0.883. The number of piperidine rings is 1. The van der Waals surface area contributed by atoms with E-state index in [2.05, 4.69) is 9.97 Å². The van der Waals surface area contributed by atoms with Crippen LogP contribution in [0.2, 0.25) is 0 Å². The van der Waals surface area contributed by atoms with Gasteiger partial charge in [-0.1, -0.05) is 0 Å². The molecule has 2 amide bonds. The van der Waals surface area contributed by atoms with Gasteiger partial charge in [-0.2, -0.15) is 0 Å². The standard InChI is InChI=1S/C23H30F2N5O4/c24-15-8-14(9-15)21(32)29-4-1-7-30-19(31)13-33-12-18(29)20(30)22(30)34-17-2-5-28(6-3-17)23-26-10-16(25)11-27-23/h10-11,14-15,17-18,20,22H,1-9,12-13H2/q+1/t14?,15?,18-,20?,22?,30?/m0/s1. The van der Waals surface area contributed by atoms with Crippen LogP contribution in [0.1, 0.15) is 32.1 Å². The SMILES string of the molecule is O=C(C1CC(F)C1)N1CCC[N+]23C(=O)COC[C@H]1C2C3OC1CCN(c2ncc(F)cn2)CC1. The molecule has 1 aliphatic carbocycles. The number of hydrogen-bond acceptors (Lipinski definition) is 7. The van der Waals surface area contributed by atoms with Gasteiger partial charge < -0.3 is 19.3 Å². The number of rotatable bonds is 4. The smallest absolute Gasteiger partial charge is 0.342 e. The first kappa shape index (κ1) is 22.2. The predicted octanol–water partition coefficient (Wildman–Crippen LogP) is 1.03. The van der Waals surface area contributed by atoms with E-state index in [9.17, 15) is 18.4 Å². The molecule has 1 aromatic rings. The molecule has 34 heavy (non-hydrogen) atoms. The summed E-state index contributed by atoms with van der Waals surface area (Å²) >= 11 is 0. The van der Waals surface area contributed by atoms with Crippen molar-refractivity contribution in [3.05, 3.63) is 18.2 Å². The maximum atomic E-state index is 13.4. The van der Waals surface area contributed by atoms with Crippen LogP contribution < -0.4 is 4.90 Å². The van der Waals surface area contributed by atoms with Crippen molar-refractivity contribution in [2.24, 2.45) is 5.92 Å². The Hall–Kier alpha value is -2.24. The lowest BCUT2D eigenvalue weighted by Gasteiger charge is -2.36. The number of quaternary nitrogens is 1. The molecule has 1 saturated carbocycles. The van der Waals surface area contributed by atoms with Crippen LogP contribution in [0, 0.1) is 11.7 Å². The van der Waals surface area contributed by atoms with Gasteiger partial charge in [0, 0.05) is 32.0 Å². The molecule has 184 valence electrons. The van der Waals surface area contributed by atoms with E-state index in [0.717, 1.165) is 19.3 Å². The molecule has 9 nitrogen and oxygen atoms in total. The van der Waals surface area contributed by atoms with Crippen molar-refractivity contribution in [2.75, 3.05) is 44.3 Å². The van der Waals surface area contributed by atoms with Gasteiger partial charge in [0.2, 0.25) is 17.9 Å². The summed E-state index contributed by atoms with van der Waals surface area (Å²) in [5, 5.41) is 0. The molecule has 0 aromatic carbocycles. The summed E-state index contributed by atoms with van der Waals surface area (Å²) in [4.78, 5) is 38.3. The van der Waals surface area contributed by atoms with Crippen LogP contribution in [-0.2, 0) is 19.1 Å². The molecule has 0 radical (unpaired) electrons. The Bertz CT molecular complexity index is 953. The zero-order valence-electron chi connectivity index (χ0n) is 19.0. The summed E-state index contributed by atoms with van der Waals surface area (Å²) < 4.78 is 39.0. The highest BCUT2D eigenvalue weighted by Crippen LogP contribution is 2.49. The summed E-state index contributed by atoms with van der Waals surface area (Å²) in [6.07, 6.45) is 3.98. The number of carbonyl (C=O) groups excluding carboxylic acids is 2. The molecular formula is C23H30F2N5O4+. The number of alkyl halides is 1. The Morgan fingerprint density at radius 1 is 1.18 bits per heavy atom. The van der Waals surface area contributed by atoms with E-state index in [1.165, 1.54) is 12.4 Å². The average Bonchev–Trinajstić information content (AvgIpc) is 3.51. The number of nitrogens with zero attached hydrogens (tertiary/aromatic N) is 5. The number of anilines is 1. The molecule has 0 N–H and O–H groups in total. The highest BCUT2D eigenvalue weighted by molar-refractivity contribution is 5.81. The first-order valence-electron chi connectivity index (χ1n) is 12.3. The third kappa shape index (κ3) is 3.59. The minimum Gasteiger partial charge on any atom is -0.365 e. The first-order chi connectivity index (χ1) is 16.5. The van der Waals surface area contributed by atoms with Gasteiger partial charge in [-0.3, -0.25) is 4.79 Å². The Morgan fingerprint density at radius 3 is 2.62 bits per heavy atom. The molecule has 5 heterocycles. The molecule has 6 rings (SSSR count). The highest BCUT2D eigenvalue weighted by atomic mass is 19.1. The van der Waals surface area contributed by atoms with Gasteiger partial charge in [0.1, 0.15) is 12.2 Å².